The molecule has 1 amide bonds. The monoisotopic (exact) mass is 498 g/mol. The van der Waals surface area contributed by atoms with Crippen LogP contribution in [0, 0.1) is 11.8 Å². The largest absolute Gasteiger partial charge is 0.508 e. The molecule has 0 radical (unpaired) electrons. The fraction of sp³-hybridized carbons (Fsp3) is 0.480. The zero-order chi connectivity index (χ0) is 26.4. The molecule has 1 aliphatic heterocycles. The van der Waals surface area contributed by atoms with Crippen LogP contribution in [0.5, 0.6) is 5.75 Å². The van der Waals surface area contributed by atoms with Gasteiger partial charge in [0, 0.05) is 36.8 Å². The fourth-order valence-electron chi connectivity index (χ4n) is 6.63. The third-order valence-corrected chi connectivity index (χ3v) is 8.35. The number of Topliss-reactive ketones (excluding diaryl/α,β-unsaturated/α-hetero) is 2. The van der Waals surface area contributed by atoms with Gasteiger partial charge in [0.05, 0.1) is 11.6 Å². The van der Waals surface area contributed by atoms with E-state index < -0.39 is 58.0 Å². The molecule has 0 bridgehead atoms. The minimum Gasteiger partial charge on any atom is -0.508 e. The average Bonchev–Trinajstić information content (AvgIpc) is 2.79. The Labute approximate surface area is 207 Å². The molecule has 0 aromatic heterocycles. The molecule has 1 fully saturated rings. The van der Waals surface area contributed by atoms with Gasteiger partial charge in [-0.25, -0.2) is 0 Å². The van der Waals surface area contributed by atoms with E-state index in [1.165, 1.54) is 0 Å². The second kappa shape index (κ2) is 7.79. The first-order valence-corrected chi connectivity index (χ1v) is 11.8. The van der Waals surface area contributed by atoms with Crippen molar-refractivity contribution in [3.8, 4) is 5.75 Å². The number of primary amides is 1. The number of anilines is 1. The van der Waals surface area contributed by atoms with Crippen LogP contribution in [0.4, 0.5) is 5.69 Å². The van der Waals surface area contributed by atoms with Crippen molar-refractivity contribution in [1.82, 2.24) is 4.90 Å². The topological polar surface area (TPSA) is 191 Å². The van der Waals surface area contributed by atoms with Crippen LogP contribution in [-0.2, 0) is 20.8 Å². The Hall–Kier alpha value is -3.41. The summed E-state index contributed by atoms with van der Waals surface area (Å²) in [6, 6.07) is 0.173. The first-order chi connectivity index (χ1) is 16.8. The van der Waals surface area contributed by atoms with E-state index in [0.29, 0.717) is 5.56 Å². The zero-order valence-corrected chi connectivity index (χ0v) is 20.3. The predicted octanol–water partition coefficient (Wildman–Crippen LogP) is -0.196. The molecule has 1 aromatic carbocycles. The van der Waals surface area contributed by atoms with Crippen molar-refractivity contribution in [3.05, 3.63) is 39.7 Å². The minimum atomic E-state index is -2.70. The number of ketones is 2. The summed E-state index contributed by atoms with van der Waals surface area (Å²) in [7, 11) is 5.83. The van der Waals surface area contributed by atoms with E-state index in [4.69, 9.17) is 11.5 Å². The fourth-order valence-corrected chi connectivity index (χ4v) is 6.63. The molecule has 1 aromatic rings. The molecule has 4 aliphatic rings. The van der Waals surface area contributed by atoms with Gasteiger partial charge in [-0.15, -0.1) is 0 Å². The van der Waals surface area contributed by atoms with E-state index in [9.17, 15) is 34.8 Å². The highest BCUT2D eigenvalue weighted by molar-refractivity contribution is 6.24. The number of aliphatic hydroxyl groups is 3. The lowest BCUT2D eigenvalue weighted by Crippen LogP contribution is -2.65. The van der Waals surface area contributed by atoms with Crippen molar-refractivity contribution < 1.29 is 34.8 Å². The van der Waals surface area contributed by atoms with Crippen LogP contribution < -0.4 is 16.4 Å². The van der Waals surface area contributed by atoms with Gasteiger partial charge in [-0.1, -0.05) is 0 Å². The van der Waals surface area contributed by atoms with Gasteiger partial charge in [0.25, 0.3) is 5.91 Å². The SMILES string of the molecule is CN1CCC(N(C)C)c2cc(O)c3c(c21)C[C@H]1C[C@H]2[C@H](N)C(=O)C(C(N)=O)=C(O)[C@@]2(O)C(=O)C1=C3O. The Bertz CT molecular complexity index is 1300. The Kier molecular flexibility index (Phi) is 5.26. The molecule has 5 atom stereocenters. The molecule has 11 heteroatoms. The van der Waals surface area contributed by atoms with Gasteiger partial charge < -0.3 is 41.7 Å². The van der Waals surface area contributed by atoms with Crippen molar-refractivity contribution in [2.75, 3.05) is 32.6 Å². The lowest BCUT2D eigenvalue weighted by molar-refractivity contribution is -0.149. The molecule has 1 heterocycles. The summed E-state index contributed by atoms with van der Waals surface area (Å²) in [6.45, 7) is 0.740. The normalized spacial score (nSPS) is 31.8. The number of nitrogens with zero attached hydrogens (tertiary/aromatic N) is 2. The van der Waals surface area contributed by atoms with Crippen LogP contribution in [0.2, 0.25) is 0 Å². The summed E-state index contributed by atoms with van der Waals surface area (Å²) < 4.78 is 0. The van der Waals surface area contributed by atoms with Crippen molar-refractivity contribution in [2.45, 2.75) is 36.9 Å². The van der Waals surface area contributed by atoms with Crippen LogP contribution in [-0.4, -0.2) is 82.1 Å². The molecule has 0 saturated heterocycles. The molecule has 3 aliphatic carbocycles. The lowest BCUT2D eigenvalue weighted by atomic mass is 9.57. The highest BCUT2D eigenvalue weighted by Crippen LogP contribution is 2.54. The number of benzene rings is 1. The number of phenols is 1. The van der Waals surface area contributed by atoms with Gasteiger partial charge in [0.2, 0.25) is 5.78 Å². The van der Waals surface area contributed by atoms with Crippen molar-refractivity contribution in [1.29, 1.82) is 0 Å². The molecule has 8 N–H and O–H groups in total. The lowest BCUT2D eigenvalue weighted by Gasteiger charge is -2.48. The van der Waals surface area contributed by atoms with Crippen molar-refractivity contribution in [2.24, 2.45) is 23.3 Å². The standard InChI is InChI=1S/C25H30N4O7/c1-28(2)13-4-5-29(3)19-10(13)8-14(30)16-11(19)6-9-7-12-18(26)21(32)17(24(27)35)23(34)25(12,36)22(33)15(9)20(16)31/h8-9,12-13,18,30-31,34,36H,4-7,26H2,1-3H3,(H2,27,35)/t9-,12-,13?,18-,25-/m0/s1. The third kappa shape index (κ3) is 2.93. The molecule has 1 saturated carbocycles. The van der Waals surface area contributed by atoms with Gasteiger partial charge in [0.1, 0.15) is 22.8 Å². The number of amides is 1. The molecule has 1 unspecified atom stereocenters. The first-order valence-electron chi connectivity index (χ1n) is 11.8. The van der Waals surface area contributed by atoms with Crippen LogP contribution in [0.1, 0.15) is 35.6 Å². The number of phenolic OH excluding ortho intramolecular Hbond substituents is 1. The summed E-state index contributed by atoms with van der Waals surface area (Å²) in [5.74, 6) is -7.06. The molecule has 11 nitrogen and oxygen atoms in total. The van der Waals surface area contributed by atoms with Crippen LogP contribution in [0.25, 0.3) is 5.76 Å². The summed E-state index contributed by atoms with van der Waals surface area (Å²) >= 11 is 0. The number of rotatable bonds is 2. The van der Waals surface area contributed by atoms with Gasteiger partial charge in [-0.2, -0.15) is 0 Å². The van der Waals surface area contributed by atoms with Crippen LogP contribution in [0.3, 0.4) is 0 Å². The van der Waals surface area contributed by atoms with E-state index in [1.54, 1.807) is 6.07 Å². The van der Waals surface area contributed by atoms with E-state index in [1.807, 2.05) is 21.1 Å². The number of carbonyl (C=O) groups is 3. The summed E-state index contributed by atoms with van der Waals surface area (Å²) in [6.07, 6.45) is 1.06. The summed E-state index contributed by atoms with van der Waals surface area (Å²) in [4.78, 5) is 42.4. The number of nitrogens with two attached hydrogens (primary N) is 2. The smallest absolute Gasteiger partial charge is 0.255 e. The number of carbonyl (C=O) groups excluding carboxylic acids is 3. The van der Waals surface area contributed by atoms with E-state index in [2.05, 4.69) is 9.80 Å². The highest BCUT2D eigenvalue weighted by atomic mass is 16.3. The van der Waals surface area contributed by atoms with Gasteiger partial charge >= 0.3 is 0 Å². The van der Waals surface area contributed by atoms with Crippen molar-refractivity contribution >= 4 is 28.9 Å². The highest BCUT2D eigenvalue weighted by Gasteiger charge is 2.63. The van der Waals surface area contributed by atoms with Crippen LogP contribution >= 0.6 is 0 Å². The number of hydrogen-bond acceptors (Lipinski definition) is 10. The number of fused-ring (bicyclic) bond motifs is 5. The second-order valence-corrected chi connectivity index (χ2v) is 10.5. The number of hydrogen-bond donors (Lipinski definition) is 6. The molecule has 192 valence electrons. The number of aromatic hydroxyl groups is 1. The Morgan fingerprint density at radius 3 is 2.50 bits per heavy atom. The minimum absolute atomic E-state index is 0.0185. The van der Waals surface area contributed by atoms with Crippen LogP contribution in [0.15, 0.2) is 23.0 Å². The summed E-state index contributed by atoms with van der Waals surface area (Å²) in [5, 5.41) is 44.5. The Morgan fingerprint density at radius 2 is 1.89 bits per heavy atom. The Balaban J connectivity index is 1.73. The third-order valence-electron chi connectivity index (χ3n) is 8.35. The maximum absolute atomic E-state index is 13.7. The molecular formula is C25H30N4O7. The molecule has 0 spiro atoms. The predicted molar refractivity (Wildman–Crippen MR) is 129 cm³/mol. The second-order valence-electron chi connectivity index (χ2n) is 10.5. The van der Waals surface area contributed by atoms with E-state index in [-0.39, 0.29) is 35.8 Å². The maximum Gasteiger partial charge on any atom is 0.255 e. The van der Waals surface area contributed by atoms with Gasteiger partial charge in [0.15, 0.2) is 11.4 Å². The van der Waals surface area contributed by atoms with Gasteiger partial charge in [-0.3, -0.25) is 14.4 Å². The molecular weight excluding hydrogens is 468 g/mol. The van der Waals surface area contributed by atoms with E-state index in [0.717, 1.165) is 24.2 Å². The average molecular weight is 499 g/mol. The van der Waals surface area contributed by atoms with E-state index >= 15 is 0 Å². The first kappa shape index (κ1) is 24.3. The number of aliphatic hydroxyl groups excluding tert-OH is 2. The van der Waals surface area contributed by atoms with Crippen molar-refractivity contribution in [3.63, 3.8) is 0 Å². The van der Waals surface area contributed by atoms with Gasteiger partial charge in [-0.05, 0) is 56.5 Å². The summed E-state index contributed by atoms with van der Waals surface area (Å²) in [5.41, 5.74) is 10.0. The zero-order valence-electron chi connectivity index (χ0n) is 20.3. The maximum atomic E-state index is 13.7. The quantitative estimate of drug-likeness (QED) is 0.298. The molecule has 5 rings (SSSR count). The Morgan fingerprint density at radius 1 is 1.22 bits per heavy atom. The molecule has 36 heavy (non-hydrogen) atoms.